The number of ketones is 3. The Kier molecular flexibility index (Phi) is 6.51. The van der Waals surface area contributed by atoms with E-state index in [-0.39, 0.29) is 23.9 Å². The Hall–Kier alpha value is -3.22. The maximum Gasteiger partial charge on any atom is 0.344 e. The molecule has 0 amide bonds. The van der Waals surface area contributed by atoms with Gasteiger partial charge in [-0.15, -0.1) is 0 Å². The Morgan fingerprint density at radius 1 is 1.00 bits per heavy atom. The van der Waals surface area contributed by atoms with Gasteiger partial charge in [0.05, 0.1) is 5.69 Å². The first-order chi connectivity index (χ1) is 13.1. The van der Waals surface area contributed by atoms with Gasteiger partial charge in [-0.05, 0) is 64.4 Å². The monoisotopic (exact) mass is 385 g/mol. The molecule has 2 aromatic rings. The number of carbonyl (C=O) groups excluding carboxylic acids is 4. The summed E-state index contributed by atoms with van der Waals surface area (Å²) in [5, 5.41) is 0. The van der Waals surface area contributed by atoms with Gasteiger partial charge in [0.1, 0.15) is 5.75 Å². The molecule has 0 fully saturated rings. The first-order valence-electron chi connectivity index (χ1n) is 8.79. The highest BCUT2D eigenvalue weighted by Gasteiger charge is 2.26. The van der Waals surface area contributed by atoms with Crippen molar-refractivity contribution >= 4 is 23.3 Å². The van der Waals surface area contributed by atoms with E-state index in [4.69, 9.17) is 9.47 Å². The average molecular weight is 385 g/mol. The number of hydrogen-bond acceptors (Lipinski definition) is 6. The second-order valence-electron chi connectivity index (χ2n) is 6.55. The molecule has 0 saturated carbocycles. The third kappa shape index (κ3) is 4.73. The van der Waals surface area contributed by atoms with Crippen LogP contribution in [-0.2, 0) is 9.53 Å². The van der Waals surface area contributed by atoms with Crippen LogP contribution in [0.4, 0.5) is 0 Å². The Bertz CT molecular complexity index is 923. The van der Waals surface area contributed by atoms with Crippen molar-refractivity contribution in [3.8, 4) is 5.75 Å². The molecule has 1 aromatic heterocycles. The minimum Gasteiger partial charge on any atom is -0.482 e. The number of carbonyl (C=O) groups is 4. The van der Waals surface area contributed by atoms with Crippen LogP contribution in [0, 0.1) is 13.8 Å². The molecule has 1 N–H and O–H groups in total. The van der Waals surface area contributed by atoms with E-state index in [9.17, 15) is 19.2 Å². The predicted molar refractivity (Wildman–Crippen MR) is 102 cm³/mol. The van der Waals surface area contributed by atoms with Gasteiger partial charge in [0, 0.05) is 16.8 Å². The number of hydrogen-bond donors (Lipinski definition) is 1. The van der Waals surface area contributed by atoms with Crippen molar-refractivity contribution in [2.45, 2.75) is 40.7 Å². The summed E-state index contributed by atoms with van der Waals surface area (Å²) >= 11 is 0. The Morgan fingerprint density at radius 3 is 2.11 bits per heavy atom. The fourth-order valence-electron chi connectivity index (χ4n) is 2.94. The zero-order valence-electron chi connectivity index (χ0n) is 16.5. The highest BCUT2D eigenvalue weighted by Crippen LogP contribution is 2.20. The van der Waals surface area contributed by atoms with Gasteiger partial charge in [-0.1, -0.05) is 0 Å². The van der Waals surface area contributed by atoms with Crippen molar-refractivity contribution in [3.63, 3.8) is 0 Å². The maximum atomic E-state index is 12.6. The standard InChI is InChI=1S/C21H23NO6/c1-11-19(14(4)24)12(2)22-20(11)21(26)15(5)28-18(25)10-27-17-8-6-16(7-9-17)13(3)23/h6-9,15,22H,10H2,1-5H3/t15-/m1/s1. The molecule has 7 nitrogen and oxygen atoms in total. The first-order valence-corrected chi connectivity index (χ1v) is 8.79. The largest absolute Gasteiger partial charge is 0.482 e. The number of aromatic amines is 1. The van der Waals surface area contributed by atoms with Crippen molar-refractivity contribution in [1.29, 1.82) is 0 Å². The number of Topliss-reactive ketones (excluding diaryl/α,β-unsaturated/α-hetero) is 3. The van der Waals surface area contributed by atoms with E-state index in [0.29, 0.717) is 28.1 Å². The first kappa shape index (κ1) is 21.1. The zero-order valence-corrected chi connectivity index (χ0v) is 16.5. The van der Waals surface area contributed by atoms with Crippen LogP contribution in [0.2, 0.25) is 0 Å². The van der Waals surface area contributed by atoms with Crippen LogP contribution in [-0.4, -0.2) is 41.0 Å². The molecule has 0 unspecified atom stereocenters. The Morgan fingerprint density at radius 2 is 1.61 bits per heavy atom. The molecule has 1 aromatic carbocycles. The van der Waals surface area contributed by atoms with E-state index < -0.39 is 17.9 Å². The minimum atomic E-state index is -1.03. The number of aryl methyl sites for hydroxylation is 1. The maximum absolute atomic E-state index is 12.6. The number of nitrogens with one attached hydrogen (secondary N) is 1. The number of aromatic nitrogens is 1. The van der Waals surface area contributed by atoms with Gasteiger partial charge in [-0.2, -0.15) is 0 Å². The molecule has 148 valence electrons. The number of rotatable bonds is 8. The molecular formula is C21H23NO6. The zero-order chi connectivity index (χ0) is 21.0. The molecular weight excluding hydrogens is 362 g/mol. The molecule has 7 heteroatoms. The van der Waals surface area contributed by atoms with Gasteiger partial charge < -0.3 is 14.5 Å². The van der Waals surface area contributed by atoms with E-state index >= 15 is 0 Å². The van der Waals surface area contributed by atoms with Crippen molar-refractivity contribution in [3.05, 3.63) is 52.3 Å². The molecule has 28 heavy (non-hydrogen) atoms. The molecule has 0 bridgehead atoms. The summed E-state index contributed by atoms with van der Waals surface area (Å²) in [5.74, 6) is -0.931. The Balaban J connectivity index is 1.96. The van der Waals surface area contributed by atoms with Gasteiger partial charge in [0.2, 0.25) is 5.78 Å². The third-order valence-corrected chi connectivity index (χ3v) is 4.33. The molecule has 1 heterocycles. The lowest BCUT2D eigenvalue weighted by atomic mass is 10.0. The third-order valence-electron chi connectivity index (χ3n) is 4.33. The van der Waals surface area contributed by atoms with E-state index in [1.54, 1.807) is 38.1 Å². The van der Waals surface area contributed by atoms with Crippen LogP contribution in [0.3, 0.4) is 0 Å². The number of ether oxygens (including phenoxy) is 2. The molecule has 0 radical (unpaired) electrons. The lowest BCUT2D eigenvalue weighted by Gasteiger charge is -2.13. The topological polar surface area (TPSA) is 103 Å². The van der Waals surface area contributed by atoms with E-state index in [1.165, 1.54) is 20.8 Å². The molecule has 0 aliphatic heterocycles. The van der Waals surface area contributed by atoms with Crippen molar-refractivity contribution in [1.82, 2.24) is 4.98 Å². The van der Waals surface area contributed by atoms with Crippen LogP contribution in [0.25, 0.3) is 0 Å². The lowest BCUT2D eigenvalue weighted by molar-refractivity contribution is -0.148. The second-order valence-corrected chi connectivity index (χ2v) is 6.55. The second kappa shape index (κ2) is 8.65. The number of H-pyrrole nitrogens is 1. The van der Waals surface area contributed by atoms with Crippen molar-refractivity contribution in [2.75, 3.05) is 6.61 Å². The highest BCUT2D eigenvalue weighted by atomic mass is 16.6. The molecule has 2 rings (SSSR count). The van der Waals surface area contributed by atoms with Crippen LogP contribution in [0.5, 0.6) is 5.75 Å². The van der Waals surface area contributed by atoms with Gasteiger partial charge in [-0.3, -0.25) is 14.4 Å². The molecule has 1 atom stereocenters. The normalized spacial score (nSPS) is 11.6. The molecule has 0 spiro atoms. The smallest absolute Gasteiger partial charge is 0.344 e. The Labute approximate surface area is 163 Å². The fourth-order valence-corrected chi connectivity index (χ4v) is 2.94. The summed E-state index contributed by atoms with van der Waals surface area (Å²) in [6, 6.07) is 6.34. The fraction of sp³-hybridized carbons (Fsp3) is 0.333. The quantitative estimate of drug-likeness (QED) is 0.553. The van der Waals surface area contributed by atoms with Crippen LogP contribution in [0.1, 0.15) is 63.2 Å². The summed E-state index contributed by atoms with van der Waals surface area (Å²) in [4.78, 5) is 50.4. The molecule has 0 saturated heterocycles. The van der Waals surface area contributed by atoms with Gasteiger partial charge >= 0.3 is 5.97 Å². The van der Waals surface area contributed by atoms with Crippen molar-refractivity contribution < 1.29 is 28.7 Å². The predicted octanol–water partition coefficient (Wildman–Crippen LogP) is 3.23. The van der Waals surface area contributed by atoms with Gasteiger partial charge in [0.25, 0.3) is 0 Å². The average Bonchev–Trinajstić information content (AvgIpc) is 2.93. The summed E-state index contributed by atoms with van der Waals surface area (Å²) in [7, 11) is 0. The SMILES string of the molecule is CC(=O)c1ccc(OCC(=O)O[C@H](C)C(=O)c2[nH]c(C)c(C(C)=O)c2C)cc1. The van der Waals surface area contributed by atoms with Crippen molar-refractivity contribution in [2.24, 2.45) is 0 Å². The minimum absolute atomic E-state index is 0.0684. The van der Waals surface area contributed by atoms with E-state index in [1.807, 2.05) is 0 Å². The van der Waals surface area contributed by atoms with Crippen LogP contribution < -0.4 is 4.74 Å². The highest BCUT2D eigenvalue weighted by molar-refractivity contribution is 6.05. The van der Waals surface area contributed by atoms with Gasteiger partial charge in [0.15, 0.2) is 24.3 Å². The van der Waals surface area contributed by atoms with E-state index in [2.05, 4.69) is 4.98 Å². The number of benzene rings is 1. The lowest BCUT2D eigenvalue weighted by Crippen LogP contribution is -2.28. The van der Waals surface area contributed by atoms with Crippen LogP contribution in [0.15, 0.2) is 24.3 Å². The summed E-state index contributed by atoms with van der Waals surface area (Å²) in [6.07, 6.45) is -1.03. The number of esters is 1. The van der Waals surface area contributed by atoms with E-state index in [0.717, 1.165) is 0 Å². The summed E-state index contributed by atoms with van der Waals surface area (Å²) < 4.78 is 10.5. The van der Waals surface area contributed by atoms with Crippen LogP contribution >= 0.6 is 0 Å². The molecule has 0 aliphatic carbocycles. The summed E-state index contributed by atoms with van der Waals surface area (Å²) in [5.41, 5.74) is 2.41. The summed E-state index contributed by atoms with van der Waals surface area (Å²) in [6.45, 7) is 7.36. The molecule has 0 aliphatic rings. The van der Waals surface area contributed by atoms with Gasteiger partial charge in [-0.25, -0.2) is 4.79 Å².